The van der Waals surface area contributed by atoms with Gasteiger partial charge in [0, 0.05) is 11.1 Å². The van der Waals surface area contributed by atoms with Crippen LogP contribution in [-0.4, -0.2) is 16.1 Å². The Morgan fingerprint density at radius 2 is 2.00 bits per heavy atom. The normalized spacial score (nSPS) is 11.7. The number of rotatable bonds is 4. The van der Waals surface area contributed by atoms with Crippen molar-refractivity contribution in [2.45, 2.75) is 17.2 Å². The van der Waals surface area contributed by atoms with Crippen LogP contribution in [0.1, 0.15) is 12.5 Å². The van der Waals surface area contributed by atoms with Gasteiger partial charge < -0.3 is 5.32 Å². The molecule has 118 valence electrons. The molecule has 1 N–H and O–H groups in total. The summed E-state index contributed by atoms with van der Waals surface area (Å²) in [5.41, 5.74) is 2.05. The summed E-state index contributed by atoms with van der Waals surface area (Å²) in [6.07, 6.45) is 0. The molecule has 1 heterocycles. The van der Waals surface area contributed by atoms with Crippen LogP contribution in [0.5, 0.6) is 0 Å². The predicted molar refractivity (Wildman–Crippen MR) is 96.8 cm³/mol. The highest BCUT2D eigenvalue weighted by atomic mass is 32.2. The van der Waals surface area contributed by atoms with Gasteiger partial charge in [-0.25, -0.2) is 4.98 Å². The average Bonchev–Trinajstić information content (AvgIpc) is 2.61. The molecule has 4 nitrogen and oxygen atoms in total. The van der Waals surface area contributed by atoms with Gasteiger partial charge in [-0.3, -0.25) is 4.79 Å². The molecule has 3 rings (SSSR count). The van der Waals surface area contributed by atoms with Crippen LogP contribution in [-0.2, 0) is 4.79 Å². The molecular weight excluding hydrogens is 318 g/mol. The van der Waals surface area contributed by atoms with Crippen LogP contribution in [0.3, 0.4) is 0 Å². The minimum atomic E-state index is -0.301. The predicted octanol–water partition coefficient (Wildman–Crippen LogP) is 4.23. The van der Waals surface area contributed by atoms with E-state index in [0.717, 1.165) is 15.9 Å². The third-order valence-corrected chi connectivity index (χ3v) is 4.54. The summed E-state index contributed by atoms with van der Waals surface area (Å²) in [4.78, 5) is 16.9. The van der Waals surface area contributed by atoms with Crippen LogP contribution in [0.4, 0.5) is 5.69 Å². The van der Waals surface area contributed by atoms with Crippen molar-refractivity contribution in [1.29, 1.82) is 5.26 Å². The number of hydrogen-bond acceptors (Lipinski definition) is 4. The minimum absolute atomic E-state index is 0.120. The van der Waals surface area contributed by atoms with E-state index in [1.165, 1.54) is 11.8 Å². The van der Waals surface area contributed by atoms with E-state index in [4.69, 9.17) is 5.26 Å². The molecule has 3 aromatic rings. The third kappa shape index (κ3) is 3.73. The second kappa shape index (κ2) is 7.16. The summed E-state index contributed by atoms with van der Waals surface area (Å²) in [6.45, 7) is 1.84. The van der Waals surface area contributed by atoms with Crippen molar-refractivity contribution in [3.8, 4) is 6.07 Å². The standard InChI is InChI=1S/C19H15N3OS/c1-13(19(23)21-16-7-4-5-14(11-16)12-20)24-18-10-9-15-6-2-3-8-17(15)22-18/h2-11,13H,1H3,(H,21,23)/t13-/m0/s1. The van der Waals surface area contributed by atoms with Crippen LogP contribution in [0.25, 0.3) is 10.9 Å². The molecule has 2 aromatic carbocycles. The molecule has 0 unspecified atom stereocenters. The lowest BCUT2D eigenvalue weighted by Gasteiger charge is -2.12. The van der Waals surface area contributed by atoms with Crippen molar-refractivity contribution in [1.82, 2.24) is 4.98 Å². The fraction of sp³-hybridized carbons (Fsp3) is 0.105. The first kappa shape index (κ1) is 16.0. The van der Waals surface area contributed by atoms with E-state index >= 15 is 0 Å². The number of nitrogens with one attached hydrogen (secondary N) is 1. The van der Waals surface area contributed by atoms with Crippen LogP contribution < -0.4 is 5.32 Å². The number of anilines is 1. The minimum Gasteiger partial charge on any atom is -0.325 e. The Morgan fingerprint density at radius 3 is 2.83 bits per heavy atom. The fourth-order valence-corrected chi connectivity index (χ4v) is 3.08. The zero-order chi connectivity index (χ0) is 16.9. The molecule has 0 bridgehead atoms. The smallest absolute Gasteiger partial charge is 0.237 e. The summed E-state index contributed by atoms with van der Waals surface area (Å²) < 4.78 is 0. The molecule has 1 amide bonds. The summed E-state index contributed by atoms with van der Waals surface area (Å²) >= 11 is 1.41. The van der Waals surface area contributed by atoms with E-state index in [-0.39, 0.29) is 11.2 Å². The summed E-state index contributed by atoms with van der Waals surface area (Å²) in [5, 5.41) is 13.3. The van der Waals surface area contributed by atoms with Gasteiger partial charge in [-0.15, -0.1) is 0 Å². The SMILES string of the molecule is C[C@H](Sc1ccc2ccccc2n1)C(=O)Nc1cccc(C#N)c1. The number of thioether (sulfide) groups is 1. The van der Waals surface area contributed by atoms with Crippen molar-refractivity contribution >= 4 is 34.3 Å². The molecule has 0 aliphatic carbocycles. The maximum atomic E-state index is 12.3. The summed E-state index contributed by atoms with van der Waals surface area (Å²) in [7, 11) is 0. The van der Waals surface area contributed by atoms with E-state index < -0.39 is 0 Å². The first-order chi connectivity index (χ1) is 11.7. The topological polar surface area (TPSA) is 65.8 Å². The van der Waals surface area contributed by atoms with Crippen molar-refractivity contribution < 1.29 is 4.79 Å². The Bertz CT molecular complexity index is 933. The van der Waals surface area contributed by atoms with Gasteiger partial charge in [-0.2, -0.15) is 5.26 Å². The molecule has 5 heteroatoms. The van der Waals surface area contributed by atoms with E-state index in [1.807, 2.05) is 43.3 Å². The second-order valence-corrected chi connectivity index (χ2v) is 6.65. The lowest BCUT2D eigenvalue weighted by atomic mass is 10.2. The van der Waals surface area contributed by atoms with E-state index in [2.05, 4.69) is 16.4 Å². The molecule has 0 aliphatic rings. The molecule has 0 saturated carbocycles. The number of nitrogens with zero attached hydrogens (tertiary/aromatic N) is 2. The van der Waals surface area contributed by atoms with Gasteiger partial charge in [0.25, 0.3) is 0 Å². The van der Waals surface area contributed by atoms with Crippen LogP contribution in [0.15, 0.2) is 65.7 Å². The zero-order valence-corrected chi connectivity index (χ0v) is 13.9. The van der Waals surface area contributed by atoms with Crippen molar-refractivity contribution in [3.05, 3.63) is 66.2 Å². The van der Waals surface area contributed by atoms with E-state index in [9.17, 15) is 4.79 Å². The highest BCUT2D eigenvalue weighted by Gasteiger charge is 2.15. The number of hydrogen-bond donors (Lipinski definition) is 1. The molecule has 24 heavy (non-hydrogen) atoms. The van der Waals surface area contributed by atoms with Crippen LogP contribution in [0.2, 0.25) is 0 Å². The number of benzene rings is 2. The number of carbonyl (C=O) groups is 1. The number of pyridine rings is 1. The first-order valence-electron chi connectivity index (χ1n) is 7.49. The summed E-state index contributed by atoms with van der Waals surface area (Å²) in [5.74, 6) is -0.120. The van der Waals surface area contributed by atoms with Gasteiger partial charge in [0.15, 0.2) is 0 Å². The number of para-hydroxylation sites is 1. The van der Waals surface area contributed by atoms with Gasteiger partial charge in [-0.05, 0) is 37.3 Å². The Balaban J connectivity index is 1.69. The number of aromatic nitrogens is 1. The maximum Gasteiger partial charge on any atom is 0.237 e. The number of nitriles is 1. The number of carbonyl (C=O) groups excluding carboxylic acids is 1. The first-order valence-corrected chi connectivity index (χ1v) is 8.37. The average molecular weight is 333 g/mol. The summed E-state index contributed by atoms with van der Waals surface area (Å²) in [6, 6.07) is 20.7. The highest BCUT2D eigenvalue weighted by molar-refractivity contribution is 8.00. The van der Waals surface area contributed by atoms with E-state index in [1.54, 1.807) is 24.3 Å². The molecule has 1 atom stereocenters. The molecule has 0 saturated heterocycles. The molecule has 0 spiro atoms. The lowest BCUT2D eigenvalue weighted by molar-refractivity contribution is -0.115. The monoisotopic (exact) mass is 333 g/mol. The van der Waals surface area contributed by atoms with Gasteiger partial charge in [0.1, 0.15) is 0 Å². The number of amides is 1. The Kier molecular flexibility index (Phi) is 4.78. The van der Waals surface area contributed by atoms with Gasteiger partial charge in [0.05, 0.1) is 27.4 Å². The van der Waals surface area contributed by atoms with Crippen molar-refractivity contribution in [3.63, 3.8) is 0 Å². The quantitative estimate of drug-likeness (QED) is 0.726. The van der Waals surface area contributed by atoms with Crippen LogP contribution >= 0.6 is 11.8 Å². The molecular formula is C19H15N3OS. The largest absolute Gasteiger partial charge is 0.325 e. The van der Waals surface area contributed by atoms with Gasteiger partial charge in [0.2, 0.25) is 5.91 Å². The molecule has 0 radical (unpaired) electrons. The zero-order valence-electron chi connectivity index (χ0n) is 13.1. The molecule has 0 aliphatic heterocycles. The van der Waals surface area contributed by atoms with Crippen molar-refractivity contribution in [2.24, 2.45) is 0 Å². The van der Waals surface area contributed by atoms with Gasteiger partial charge >= 0.3 is 0 Å². The fourth-order valence-electron chi connectivity index (χ4n) is 2.26. The van der Waals surface area contributed by atoms with E-state index in [0.29, 0.717) is 11.3 Å². The lowest BCUT2D eigenvalue weighted by Crippen LogP contribution is -2.22. The highest BCUT2D eigenvalue weighted by Crippen LogP contribution is 2.25. The Labute approximate surface area is 144 Å². The van der Waals surface area contributed by atoms with Gasteiger partial charge in [-0.1, -0.05) is 42.1 Å². The second-order valence-electron chi connectivity index (χ2n) is 5.28. The van der Waals surface area contributed by atoms with Crippen molar-refractivity contribution in [2.75, 3.05) is 5.32 Å². The Hall–Kier alpha value is -2.84. The third-order valence-electron chi connectivity index (χ3n) is 3.50. The Morgan fingerprint density at radius 1 is 1.17 bits per heavy atom. The maximum absolute atomic E-state index is 12.3. The molecule has 0 fully saturated rings. The van der Waals surface area contributed by atoms with Crippen LogP contribution in [0, 0.1) is 11.3 Å². The molecule has 1 aromatic heterocycles. The number of fused-ring (bicyclic) bond motifs is 1.